The van der Waals surface area contributed by atoms with Crippen LogP contribution in [0.4, 0.5) is 4.39 Å². The molecule has 1 fully saturated rings. The fraction of sp³-hybridized carbons (Fsp3) is 0.500. The van der Waals surface area contributed by atoms with Crippen LogP contribution in [0.2, 0.25) is 0 Å². The Morgan fingerprint density at radius 1 is 1.47 bits per heavy atom. The lowest BCUT2D eigenvalue weighted by molar-refractivity contribution is 0.313. The smallest absolute Gasteiger partial charge is 0.139 e. The van der Waals surface area contributed by atoms with E-state index >= 15 is 0 Å². The van der Waals surface area contributed by atoms with Crippen LogP contribution < -0.4 is 11.1 Å². The number of nitrogens with one attached hydrogen (secondary N) is 1. The van der Waals surface area contributed by atoms with Gasteiger partial charge in [0, 0.05) is 19.0 Å². The lowest BCUT2D eigenvalue weighted by Crippen LogP contribution is -2.30. The molecular formula is C14H20FN3O. The zero-order chi connectivity index (χ0) is 13.9. The number of benzene rings is 1. The van der Waals surface area contributed by atoms with Crippen molar-refractivity contribution < 1.29 is 9.60 Å². The molecule has 5 heteroatoms. The van der Waals surface area contributed by atoms with Gasteiger partial charge in [-0.15, -0.1) is 0 Å². The van der Waals surface area contributed by atoms with Crippen molar-refractivity contribution in [2.75, 3.05) is 6.54 Å². The molecule has 0 radical (unpaired) electrons. The number of nitrogens with two attached hydrogens (primary N) is 1. The Morgan fingerprint density at radius 3 is 2.63 bits per heavy atom. The van der Waals surface area contributed by atoms with E-state index in [1.807, 2.05) is 6.92 Å². The van der Waals surface area contributed by atoms with E-state index in [1.54, 1.807) is 12.1 Å². The summed E-state index contributed by atoms with van der Waals surface area (Å²) in [5, 5.41) is 15.1. The molecule has 1 saturated carbocycles. The van der Waals surface area contributed by atoms with Gasteiger partial charge in [0.15, 0.2) is 0 Å². The fourth-order valence-corrected chi connectivity index (χ4v) is 2.25. The van der Waals surface area contributed by atoms with Crippen LogP contribution >= 0.6 is 0 Å². The summed E-state index contributed by atoms with van der Waals surface area (Å²) in [6.45, 7) is 2.87. The van der Waals surface area contributed by atoms with Gasteiger partial charge in [0.25, 0.3) is 0 Å². The highest BCUT2D eigenvalue weighted by Gasteiger charge is 2.43. The second-order valence-electron chi connectivity index (χ2n) is 5.42. The summed E-state index contributed by atoms with van der Waals surface area (Å²) in [4.78, 5) is 0. The molecule has 1 aliphatic rings. The van der Waals surface area contributed by atoms with Crippen molar-refractivity contribution in [2.24, 2.45) is 16.3 Å². The molecule has 104 valence electrons. The van der Waals surface area contributed by atoms with Crippen LogP contribution in [0, 0.1) is 11.2 Å². The Morgan fingerprint density at radius 2 is 2.11 bits per heavy atom. The predicted octanol–water partition coefficient (Wildman–Crippen LogP) is 2.39. The predicted molar refractivity (Wildman–Crippen MR) is 72.5 cm³/mol. The zero-order valence-electron chi connectivity index (χ0n) is 11.1. The summed E-state index contributed by atoms with van der Waals surface area (Å²) in [5.41, 5.74) is 6.75. The highest BCUT2D eigenvalue weighted by molar-refractivity contribution is 5.80. The van der Waals surface area contributed by atoms with Crippen molar-refractivity contribution in [1.29, 1.82) is 0 Å². The van der Waals surface area contributed by atoms with E-state index < -0.39 is 0 Å². The molecule has 0 aliphatic heterocycles. The Hall–Kier alpha value is -1.62. The molecule has 0 bridgehead atoms. The SMILES string of the molecule is C[C@@H](NCC1(C/C(N)=N/O)CC1)c1ccc(F)cc1. The van der Waals surface area contributed by atoms with E-state index in [1.165, 1.54) is 12.1 Å². The Bertz CT molecular complexity index is 454. The van der Waals surface area contributed by atoms with E-state index in [2.05, 4.69) is 10.5 Å². The molecule has 4 N–H and O–H groups in total. The lowest BCUT2D eigenvalue weighted by Gasteiger charge is -2.20. The van der Waals surface area contributed by atoms with Crippen molar-refractivity contribution in [1.82, 2.24) is 5.32 Å². The number of hydrogen-bond donors (Lipinski definition) is 3. The van der Waals surface area contributed by atoms with Gasteiger partial charge in [0.2, 0.25) is 0 Å². The lowest BCUT2D eigenvalue weighted by atomic mass is 10.0. The van der Waals surface area contributed by atoms with Crippen LogP contribution in [0.3, 0.4) is 0 Å². The van der Waals surface area contributed by atoms with Crippen LogP contribution in [-0.2, 0) is 0 Å². The van der Waals surface area contributed by atoms with E-state index in [-0.39, 0.29) is 23.1 Å². The molecule has 0 heterocycles. The van der Waals surface area contributed by atoms with Gasteiger partial charge < -0.3 is 16.3 Å². The Balaban J connectivity index is 1.87. The number of rotatable bonds is 6. The molecule has 0 saturated heterocycles. The van der Waals surface area contributed by atoms with Crippen LogP contribution in [0.5, 0.6) is 0 Å². The van der Waals surface area contributed by atoms with E-state index in [4.69, 9.17) is 10.9 Å². The van der Waals surface area contributed by atoms with Crippen molar-refractivity contribution in [3.63, 3.8) is 0 Å². The third kappa shape index (κ3) is 3.67. The molecule has 1 aromatic rings. The summed E-state index contributed by atoms with van der Waals surface area (Å²) in [5.74, 6) is 0.0651. The summed E-state index contributed by atoms with van der Waals surface area (Å²) in [6, 6.07) is 6.67. The first-order valence-corrected chi connectivity index (χ1v) is 6.50. The largest absolute Gasteiger partial charge is 0.409 e. The maximum absolute atomic E-state index is 12.8. The van der Waals surface area contributed by atoms with E-state index in [9.17, 15) is 4.39 Å². The number of oxime groups is 1. The Kier molecular flexibility index (Phi) is 4.04. The van der Waals surface area contributed by atoms with Gasteiger partial charge >= 0.3 is 0 Å². The van der Waals surface area contributed by atoms with Crippen LogP contribution in [0.1, 0.15) is 37.8 Å². The molecular weight excluding hydrogens is 245 g/mol. The normalized spacial score (nSPS) is 19.2. The fourth-order valence-electron chi connectivity index (χ4n) is 2.25. The number of hydrogen-bond acceptors (Lipinski definition) is 3. The van der Waals surface area contributed by atoms with Gasteiger partial charge in [-0.3, -0.25) is 0 Å². The monoisotopic (exact) mass is 265 g/mol. The maximum atomic E-state index is 12.8. The number of amidine groups is 1. The van der Waals surface area contributed by atoms with Gasteiger partial charge in [-0.1, -0.05) is 17.3 Å². The molecule has 19 heavy (non-hydrogen) atoms. The molecule has 0 spiro atoms. The minimum atomic E-state index is -0.221. The quantitative estimate of drug-likeness (QED) is 0.320. The van der Waals surface area contributed by atoms with Crippen molar-refractivity contribution in [2.45, 2.75) is 32.2 Å². The van der Waals surface area contributed by atoms with Gasteiger partial charge in [-0.25, -0.2) is 4.39 Å². The zero-order valence-corrected chi connectivity index (χ0v) is 11.1. The van der Waals surface area contributed by atoms with Crippen molar-refractivity contribution >= 4 is 5.84 Å². The number of nitrogens with zero attached hydrogens (tertiary/aromatic N) is 1. The van der Waals surface area contributed by atoms with Gasteiger partial charge in [-0.2, -0.15) is 0 Å². The van der Waals surface area contributed by atoms with Crippen molar-refractivity contribution in [3.05, 3.63) is 35.6 Å². The number of halogens is 1. The van der Waals surface area contributed by atoms with Crippen LogP contribution in [0.15, 0.2) is 29.4 Å². The standard InChI is InChI=1S/C14H20FN3O/c1-10(11-2-4-12(15)5-3-11)17-9-14(6-7-14)8-13(16)18-19/h2-5,10,17,19H,6-9H2,1H3,(H2,16,18)/t10-/m1/s1. The minimum Gasteiger partial charge on any atom is -0.409 e. The van der Waals surface area contributed by atoms with Crippen molar-refractivity contribution in [3.8, 4) is 0 Å². The highest BCUT2D eigenvalue weighted by Crippen LogP contribution is 2.48. The maximum Gasteiger partial charge on any atom is 0.139 e. The Labute approximate surface area is 112 Å². The summed E-state index contributed by atoms with van der Waals surface area (Å²) in [7, 11) is 0. The molecule has 1 aromatic carbocycles. The van der Waals surface area contributed by atoms with E-state index in [0.29, 0.717) is 6.42 Å². The second kappa shape index (κ2) is 5.57. The first-order chi connectivity index (χ1) is 9.04. The molecule has 4 nitrogen and oxygen atoms in total. The average Bonchev–Trinajstić information content (AvgIpc) is 3.17. The molecule has 1 atom stereocenters. The molecule has 2 rings (SSSR count). The first kappa shape index (κ1) is 13.8. The third-order valence-corrected chi connectivity index (χ3v) is 3.79. The van der Waals surface area contributed by atoms with Gasteiger partial charge in [0.05, 0.1) is 0 Å². The van der Waals surface area contributed by atoms with Gasteiger partial charge in [-0.05, 0) is 42.9 Å². The second-order valence-corrected chi connectivity index (χ2v) is 5.42. The summed E-state index contributed by atoms with van der Waals surface area (Å²) in [6.07, 6.45) is 2.80. The first-order valence-electron chi connectivity index (χ1n) is 6.50. The minimum absolute atomic E-state index is 0.130. The molecule has 0 amide bonds. The molecule has 0 unspecified atom stereocenters. The highest BCUT2D eigenvalue weighted by atomic mass is 19.1. The summed E-state index contributed by atoms with van der Waals surface area (Å²) < 4.78 is 12.8. The van der Waals surface area contributed by atoms with Gasteiger partial charge in [0.1, 0.15) is 11.7 Å². The third-order valence-electron chi connectivity index (χ3n) is 3.79. The van der Waals surface area contributed by atoms with E-state index in [0.717, 1.165) is 24.9 Å². The van der Waals surface area contributed by atoms with Crippen LogP contribution in [0.25, 0.3) is 0 Å². The summed E-state index contributed by atoms with van der Waals surface area (Å²) >= 11 is 0. The van der Waals surface area contributed by atoms with Crippen LogP contribution in [-0.4, -0.2) is 17.6 Å². The topological polar surface area (TPSA) is 70.6 Å². The molecule has 1 aliphatic carbocycles. The average molecular weight is 265 g/mol. The molecule has 0 aromatic heterocycles.